The third kappa shape index (κ3) is 5.06. The summed E-state index contributed by atoms with van der Waals surface area (Å²) >= 11 is 0. The Morgan fingerprint density at radius 1 is 1.29 bits per heavy atom. The monoisotopic (exact) mass is 329 g/mol. The summed E-state index contributed by atoms with van der Waals surface area (Å²) in [5.74, 6) is -2.72. The number of nitrogens with zero attached hydrogens (tertiary/aromatic N) is 1. The first kappa shape index (κ1) is 19.1. The highest BCUT2D eigenvalue weighted by Crippen LogP contribution is 2.21. The van der Waals surface area contributed by atoms with E-state index in [9.17, 15) is 24.8 Å². The lowest BCUT2D eigenvalue weighted by Crippen LogP contribution is -2.19. The highest BCUT2D eigenvalue weighted by molar-refractivity contribution is 6.13. The van der Waals surface area contributed by atoms with Crippen molar-refractivity contribution in [3.05, 3.63) is 41.5 Å². The van der Waals surface area contributed by atoms with Crippen LogP contribution in [0.1, 0.15) is 37.0 Å². The SMILES string of the molecule is CCOC(=O)CC(=O)C(/C=C(\C#N)C(=O)c1ccccc1O)CC. The minimum absolute atomic E-state index is 0.0157. The summed E-state index contributed by atoms with van der Waals surface area (Å²) in [6, 6.07) is 7.61. The van der Waals surface area contributed by atoms with Crippen LogP contribution in [0.5, 0.6) is 5.75 Å². The minimum Gasteiger partial charge on any atom is -0.507 e. The number of rotatable bonds is 8. The summed E-state index contributed by atoms with van der Waals surface area (Å²) in [6.07, 6.45) is 1.17. The van der Waals surface area contributed by atoms with E-state index in [-0.39, 0.29) is 23.5 Å². The molecule has 6 heteroatoms. The zero-order valence-electron chi connectivity index (χ0n) is 13.6. The van der Waals surface area contributed by atoms with Crippen molar-refractivity contribution in [2.45, 2.75) is 26.7 Å². The number of ether oxygens (including phenoxy) is 1. The van der Waals surface area contributed by atoms with Crippen LogP contribution < -0.4 is 0 Å². The fourth-order valence-electron chi connectivity index (χ4n) is 2.10. The van der Waals surface area contributed by atoms with Gasteiger partial charge in [-0.3, -0.25) is 14.4 Å². The van der Waals surface area contributed by atoms with Crippen LogP contribution in [0.15, 0.2) is 35.9 Å². The Kier molecular flexibility index (Phi) is 7.37. The predicted molar refractivity (Wildman–Crippen MR) is 86.2 cm³/mol. The van der Waals surface area contributed by atoms with E-state index in [0.717, 1.165) is 0 Å². The van der Waals surface area contributed by atoms with Gasteiger partial charge in [-0.15, -0.1) is 0 Å². The van der Waals surface area contributed by atoms with E-state index in [0.29, 0.717) is 6.42 Å². The van der Waals surface area contributed by atoms with Crippen molar-refractivity contribution >= 4 is 17.5 Å². The van der Waals surface area contributed by atoms with Gasteiger partial charge in [0.15, 0.2) is 5.78 Å². The molecule has 0 radical (unpaired) electrons. The van der Waals surface area contributed by atoms with Crippen molar-refractivity contribution in [2.24, 2.45) is 5.92 Å². The van der Waals surface area contributed by atoms with Gasteiger partial charge in [0.25, 0.3) is 0 Å². The average Bonchev–Trinajstić information content (AvgIpc) is 2.56. The molecule has 0 aromatic heterocycles. The summed E-state index contributed by atoms with van der Waals surface area (Å²) in [4.78, 5) is 35.9. The molecule has 126 valence electrons. The Morgan fingerprint density at radius 3 is 2.50 bits per heavy atom. The van der Waals surface area contributed by atoms with Gasteiger partial charge in [0.05, 0.1) is 17.7 Å². The maximum absolute atomic E-state index is 12.3. The number of hydrogen-bond donors (Lipinski definition) is 1. The van der Waals surface area contributed by atoms with Gasteiger partial charge in [-0.25, -0.2) is 0 Å². The topological polar surface area (TPSA) is 104 Å². The molecule has 1 atom stereocenters. The number of esters is 1. The predicted octanol–water partition coefficient (Wildman–Crippen LogP) is 2.57. The molecule has 0 amide bonds. The molecule has 6 nitrogen and oxygen atoms in total. The standard InChI is InChI=1S/C18H19NO5/c1-3-12(16(21)10-17(22)24-4-2)9-13(11-19)18(23)14-7-5-6-8-15(14)20/h5-9,12,20H,3-4,10H2,1-2H3/b13-9+. The van der Waals surface area contributed by atoms with Gasteiger partial charge in [0.1, 0.15) is 18.2 Å². The largest absolute Gasteiger partial charge is 0.507 e. The lowest BCUT2D eigenvalue weighted by atomic mass is 9.93. The van der Waals surface area contributed by atoms with E-state index >= 15 is 0 Å². The Labute approximate surface area is 140 Å². The van der Waals surface area contributed by atoms with Gasteiger partial charge in [-0.05, 0) is 25.5 Å². The normalized spacial score (nSPS) is 12.1. The number of ketones is 2. The average molecular weight is 329 g/mol. The maximum Gasteiger partial charge on any atom is 0.313 e. The van der Waals surface area contributed by atoms with Crippen LogP contribution in [0.25, 0.3) is 0 Å². The molecule has 0 aliphatic carbocycles. The molecule has 0 spiro atoms. The molecule has 0 aliphatic rings. The lowest BCUT2D eigenvalue weighted by molar-refractivity contribution is -0.146. The number of allylic oxidation sites excluding steroid dienone is 2. The van der Waals surface area contributed by atoms with Crippen LogP contribution in [0, 0.1) is 17.2 Å². The summed E-state index contributed by atoms with van der Waals surface area (Å²) in [5, 5.41) is 18.9. The number of phenolic OH excluding ortho intramolecular Hbond substituents is 1. The zero-order valence-corrected chi connectivity index (χ0v) is 13.6. The third-order valence-corrected chi connectivity index (χ3v) is 3.36. The number of hydrogen-bond acceptors (Lipinski definition) is 6. The Bertz CT molecular complexity index is 700. The quantitative estimate of drug-likeness (QED) is 0.258. The van der Waals surface area contributed by atoms with Crippen molar-refractivity contribution in [1.29, 1.82) is 5.26 Å². The van der Waals surface area contributed by atoms with Crippen LogP contribution in [-0.2, 0) is 14.3 Å². The van der Waals surface area contributed by atoms with Gasteiger partial charge >= 0.3 is 5.97 Å². The van der Waals surface area contributed by atoms with Crippen molar-refractivity contribution < 1.29 is 24.2 Å². The minimum atomic E-state index is -0.751. The molecule has 1 rings (SSSR count). The molecular formula is C18H19NO5. The fraction of sp³-hybridized carbons (Fsp3) is 0.333. The lowest BCUT2D eigenvalue weighted by Gasteiger charge is -2.10. The van der Waals surface area contributed by atoms with Crippen LogP contribution in [-0.4, -0.2) is 29.2 Å². The molecule has 0 bridgehead atoms. The van der Waals surface area contributed by atoms with Gasteiger partial charge in [-0.2, -0.15) is 5.26 Å². The number of carbonyl (C=O) groups excluding carboxylic acids is 3. The van der Waals surface area contributed by atoms with Crippen LogP contribution in [0.4, 0.5) is 0 Å². The van der Waals surface area contributed by atoms with Crippen LogP contribution in [0.3, 0.4) is 0 Å². The van der Waals surface area contributed by atoms with Crippen molar-refractivity contribution in [3.63, 3.8) is 0 Å². The second kappa shape index (κ2) is 9.26. The van der Waals surface area contributed by atoms with Crippen LogP contribution >= 0.6 is 0 Å². The molecule has 1 aromatic carbocycles. The zero-order chi connectivity index (χ0) is 18.1. The first-order valence-electron chi connectivity index (χ1n) is 7.57. The molecule has 0 aliphatic heterocycles. The smallest absolute Gasteiger partial charge is 0.313 e. The van der Waals surface area contributed by atoms with Crippen molar-refractivity contribution in [1.82, 2.24) is 0 Å². The highest BCUT2D eigenvalue weighted by Gasteiger charge is 2.22. The van der Waals surface area contributed by atoms with Crippen molar-refractivity contribution in [3.8, 4) is 11.8 Å². The third-order valence-electron chi connectivity index (χ3n) is 3.36. The van der Waals surface area contributed by atoms with Gasteiger partial charge < -0.3 is 9.84 Å². The van der Waals surface area contributed by atoms with Crippen molar-refractivity contribution in [2.75, 3.05) is 6.61 Å². The maximum atomic E-state index is 12.3. The number of aromatic hydroxyl groups is 1. The summed E-state index contributed by atoms with van der Waals surface area (Å²) < 4.78 is 4.73. The number of carbonyl (C=O) groups is 3. The number of phenols is 1. The molecule has 0 fully saturated rings. The summed E-state index contributed by atoms with van der Waals surface area (Å²) in [7, 11) is 0. The van der Waals surface area contributed by atoms with Gasteiger partial charge in [-0.1, -0.05) is 25.1 Å². The fourth-order valence-corrected chi connectivity index (χ4v) is 2.10. The Hall–Kier alpha value is -2.94. The van der Waals surface area contributed by atoms with E-state index in [1.54, 1.807) is 32.0 Å². The summed E-state index contributed by atoms with van der Waals surface area (Å²) in [5.41, 5.74) is -0.265. The van der Waals surface area contributed by atoms with E-state index in [4.69, 9.17) is 4.74 Å². The second-order valence-corrected chi connectivity index (χ2v) is 5.00. The summed E-state index contributed by atoms with van der Waals surface area (Å²) in [6.45, 7) is 3.52. The van der Waals surface area contributed by atoms with Gasteiger partial charge in [0, 0.05) is 5.92 Å². The van der Waals surface area contributed by atoms with Gasteiger partial charge in [0.2, 0.25) is 5.78 Å². The number of benzene rings is 1. The van der Waals surface area contributed by atoms with E-state index in [2.05, 4.69) is 0 Å². The first-order chi connectivity index (χ1) is 11.4. The highest BCUT2D eigenvalue weighted by atomic mass is 16.5. The second-order valence-electron chi connectivity index (χ2n) is 5.00. The molecule has 1 aromatic rings. The number of para-hydroxylation sites is 1. The Morgan fingerprint density at radius 2 is 1.96 bits per heavy atom. The van der Waals surface area contributed by atoms with E-state index < -0.39 is 29.9 Å². The molecule has 0 saturated heterocycles. The van der Waals surface area contributed by atoms with E-state index in [1.807, 2.05) is 0 Å². The Balaban J connectivity index is 3.02. The molecule has 1 unspecified atom stereocenters. The molecule has 0 heterocycles. The van der Waals surface area contributed by atoms with E-state index in [1.165, 1.54) is 18.2 Å². The molecule has 1 N–H and O–H groups in total. The molecular weight excluding hydrogens is 310 g/mol. The molecule has 0 saturated carbocycles. The number of Topliss-reactive ketones (excluding diaryl/α,β-unsaturated/α-hetero) is 2. The first-order valence-corrected chi connectivity index (χ1v) is 7.57. The van der Waals surface area contributed by atoms with Crippen LogP contribution in [0.2, 0.25) is 0 Å². The number of nitriles is 1. The molecule has 24 heavy (non-hydrogen) atoms.